The summed E-state index contributed by atoms with van der Waals surface area (Å²) in [4.78, 5) is 44.5. The van der Waals surface area contributed by atoms with Gasteiger partial charge in [-0.1, -0.05) is 30.3 Å². The molecule has 4 aromatic rings. The molecular weight excluding hydrogens is 516 g/mol. The monoisotopic (exact) mass is 544 g/mol. The van der Waals surface area contributed by atoms with Gasteiger partial charge in [-0.2, -0.15) is 0 Å². The summed E-state index contributed by atoms with van der Waals surface area (Å²) < 4.78 is 11.5. The minimum atomic E-state index is -1.26. The van der Waals surface area contributed by atoms with E-state index in [-0.39, 0.29) is 30.2 Å². The fourth-order valence-electron chi connectivity index (χ4n) is 5.43. The molecule has 2 aromatic carbocycles. The fourth-order valence-corrected chi connectivity index (χ4v) is 6.77. The predicted molar refractivity (Wildman–Crippen MR) is 149 cm³/mol. The predicted octanol–water partition coefficient (Wildman–Crippen LogP) is 6.10. The molecule has 8 nitrogen and oxygen atoms in total. The molecule has 0 saturated heterocycles. The van der Waals surface area contributed by atoms with Crippen molar-refractivity contribution < 1.29 is 24.2 Å². The van der Waals surface area contributed by atoms with Crippen LogP contribution in [-0.4, -0.2) is 40.7 Å². The number of methoxy groups -OCH3 is 1. The van der Waals surface area contributed by atoms with Crippen molar-refractivity contribution in [2.75, 3.05) is 13.7 Å². The summed E-state index contributed by atoms with van der Waals surface area (Å²) in [5.41, 5.74) is 3.73. The molecule has 1 fully saturated rings. The third kappa shape index (κ3) is 4.46. The van der Waals surface area contributed by atoms with Crippen LogP contribution in [0.1, 0.15) is 63.7 Å². The highest BCUT2D eigenvalue weighted by Gasteiger charge is 2.34. The van der Waals surface area contributed by atoms with Crippen LogP contribution in [0.3, 0.4) is 0 Å². The number of thiophene rings is 1. The van der Waals surface area contributed by atoms with E-state index in [4.69, 9.17) is 9.47 Å². The number of carboxylic acids is 1. The Labute approximate surface area is 228 Å². The standard InChI is InChI=1S/C30H28N2O6S/c1-16-28-19(10-11-32(16)30(36)38-15-17-6-4-3-5-7-17)12-23(39-28)24-20(18-8-9-18)13-21-25(27(24)37-2)31-14-22(26(21)33)29(34)35/h3-7,12-14,16,18H,8-11,15H2,1-2H3,(H,31,33)(H,34,35). The number of hydrogen-bond donors (Lipinski definition) is 2. The van der Waals surface area contributed by atoms with Gasteiger partial charge in [0.1, 0.15) is 12.2 Å². The molecule has 0 bridgehead atoms. The average molecular weight is 545 g/mol. The molecule has 200 valence electrons. The van der Waals surface area contributed by atoms with Crippen LogP contribution < -0.4 is 10.2 Å². The number of fused-ring (bicyclic) bond motifs is 2. The van der Waals surface area contributed by atoms with E-state index in [1.165, 1.54) is 11.8 Å². The van der Waals surface area contributed by atoms with Crippen LogP contribution in [0, 0.1) is 0 Å². The van der Waals surface area contributed by atoms with Gasteiger partial charge in [0.15, 0.2) is 5.75 Å². The number of ether oxygens (including phenoxy) is 2. The highest BCUT2D eigenvalue weighted by atomic mass is 32.1. The van der Waals surface area contributed by atoms with Crippen LogP contribution in [0.2, 0.25) is 0 Å². The number of nitrogens with zero attached hydrogens (tertiary/aromatic N) is 1. The van der Waals surface area contributed by atoms with E-state index in [1.54, 1.807) is 23.3 Å². The van der Waals surface area contributed by atoms with Crippen LogP contribution in [0.4, 0.5) is 4.79 Å². The fraction of sp³-hybridized carbons (Fsp3) is 0.300. The smallest absolute Gasteiger partial charge is 0.410 e. The third-order valence-electron chi connectivity index (χ3n) is 7.61. The number of benzene rings is 2. The third-order valence-corrected chi connectivity index (χ3v) is 8.98. The molecule has 1 amide bonds. The second kappa shape index (κ2) is 9.89. The maximum absolute atomic E-state index is 13.0. The Morgan fingerprint density at radius 1 is 1.18 bits per heavy atom. The average Bonchev–Trinajstić information content (AvgIpc) is 3.69. The lowest BCUT2D eigenvalue weighted by atomic mass is 9.95. The summed E-state index contributed by atoms with van der Waals surface area (Å²) in [7, 11) is 1.57. The molecule has 1 saturated carbocycles. The highest BCUT2D eigenvalue weighted by molar-refractivity contribution is 7.15. The van der Waals surface area contributed by atoms with Gasteiger partial charge in [0.25, 0.3) is 0 Å². The number of H-pyrrole nitrogens is 1. The van der Waals surface area contributed by atoms with E-state index in [9.17, 15) is 19.5 Å². The lowest BCUT2D eigenvalue weighted by Crippen LogP contribution is -2.38. The zero-order valence-electron chi connectivity index (χ0n) is 21.7. The number of carbonyl (C=O) groups is 2. The van der Waals surface area contributed by atoms with E-state index in [1.807, 2.05) is 43.3 Å². The van der Waals surface area contributed by atoms with Gasteiger partial charge >= 0.3 is 12.1 Å². The quantitative estimate of drug-likeness (QED) is 0.304. The molecule has 9 heteroatoms. The van der Waals surface area contributed by atoms with Gasteiger partial charge in [0.05, 0.1) is 24.1 Å². The van der Waals surface area contributed by atoms with Crippen LogP contribution in [-0.2, 0) is 17.8 Å². The van der Waals surface area contributed by atoms with E-state index in [0.29, 0.717) is 29.6 Å². The van der Waals surface area contributed by atoms with Crippen molar-refractivity contribution in [3.63, 3.8) is 0 Å². The van der Waals surface area contributed by atoms with Crippen molar-refractivity contribution in [1.29, 1.82) is 0 Å². The van der Waals surface area contributed by atoms with Gasteiger partial charge in [-0.05, 0) is 60.9 Å². The van der Waals surface area contributed by atoms with Gasteiger partial charge in [-0.3, -0.25) is 4.79 Å². The number of hydrogen-bond acceptors (Lipinski definition) is 6. The van der Waals surface area contributed by atoms with Crippen LogP contribution in [0.5, 0.6) is 5.75 Å². The first-order valence-corrected chi connectivity index (χ1v) is 13.8. The van der Waals surface area contributed by atoms with E-state index < -0.39 is 11.4 Å². The summed E-state index contributed by atoms with van der Waals surface area (Å²) in [6, 6.07) is 13.5. The summed E-state index contributed by atoms with van der Waals surface area (Å²) >= 11 is 1.63. The van der Waals surface area contributed by atoms with Crippen molar-refractivity contribution in [2.24, 2.45) is 0 Å². The van der Waals surface area contributed by atoms with Gasteiger partial charge in [0.2, 0.25) is 5.43 Å². The Balaban J connectivity index is 1.37. The van der Waals surface area contributed by atoms with Crippen molar-refractivity contribution in [2.45, 2.75) is 44.8 Å². The maximum Gasteiger partial charge on any atom is 0.410 e. The normalized spacial score (nSPS) is 16.7. The number of carbonyl (C=O) groups excluding carboxylic acids is 1. The molecule has 0 radical (unpaired) electrons. The molecule has 2 aliphatic rings. The highest BCUT2D eigenvalue weighted by Crippen LogP contribution is 2.52. The number of pyridine rings is 1. The second-order valence-corrected chi connectivity index (χ2v) is 11.2. The number of amides is 1. The van der Waals surface area contributed by atoms with Crippen molar-refractivity contribution in [3.05, 3.63) is 86.0 Å². The molecule has 1 aliphatic heterocycles. The summed E-state index contributed by atoms with van der Waals surface area (Å²) in [5, 5.41) is 9.78. The molecular formula is C30H28N2O6S. The number of aromatic nitrogens is 1. The summed E-state index contributed by atoms with van der Waals surface area (Å²) in [6.45, 7) is 2.81. The van der Waals surface area contributed by atoms with Crippen molar-refractivity contribution in [1.82, 2.24) is 9.88 Å². The molecule has 1 atom stereocenters. The SMILES string of the molecule is COc1c(-c2cc3c(s2)C(C)N(C(=O)OCc2ccccc2)CC3)c(C2CC2)cc2c(=O)c(C(=O)O)c[nH]c12. The maximum atomic E-state index is 13.0. The van der Waals surface area contributed by atoms with E-state index >= 15 is 0 Å². The van der Waals surface area contributed by atoms with Gasteiger partial charge < -0.3 is 24.5 Å². The second-order valence-electron chi connectivity index (χ2n) is 10.1. The zero-order chi connectivity index (χ0) is 27.3. The lowest BCUT2D eigenvalue weighted by Gasteiger charge is -2.32. The first kappa shape index (κ1) is 25.2. The molecule has 1 unspecified atom stereocenters. The largest absolute Gasteiger partial charge is 0.494 e. The van der Waals surface area contributed by atoms with Crippen molar-refractivity contribution >= 4 is 34.3 Å². The molecule has 0 spiro atoms. The Kier molecular flexibility index (Phi) is 6.38. The first-order chi connectivity index (χ1) is 18.9. The van der Waals surface area contributed by atoms with Crippen LogP contribution in [0.25, 0.3) is 21.3 Å². The van der Waals surface area contributed by atoms with Gasteiger partial charge in [-0.15, -0.1) is 11.3 Å². The summed E-state index contributed by atoms with van der Waals surface area (Å²) in [6.07, 6.45) is 3.61. The van der Waals surface area contributed by atoms with E-state index in [0.717, 1.165) is 39.3 Å². The number of aromatic carboxylic acids is 1. The Morgan fingerprint density at radius 2 is 1.95 bits per heavy atom. The number of carboxylic acid groups (broad SMARTS) is 1. The minimum Gasteiger partial charge on any atom is -0.494 e. The minimum absolute atomic E-state index is 0.149. The number of aromatic amines is 1. The van der Waals surface area contributed by atoms with Gasteiger partial charge in [-0.25, -0.2) is 9.59 Å². The van der Waals surface area contributed by atoms with E-state index in [2.05, 4.69) is 11.1 Å². The van der Waals surface area contributed by atoms with Crippen LogP contribution in [0.15, 0.2) is 53.5 Å². The molecule has 39 heavy (non-hydrogen) atoms. The van der Waals surface area contributed by atoms with Crippen LogP contribution >= 0.6 is 11.3 Å². The first-order valence-electron chi connectivity index (χ1n) is 13.0. The number of rotatable bonds is 6. The molecule has 2 aromatic heterocycles. The summed E-state index contributed by atoms with van der Waals surface area (Å²) in [5.74, 6) is -0.443. The lowest BCUT2D eigenvalue weighted by molar-refractivity contribution is 0.0694. The van der Waals surface area contributed by atoms with Crippen molar-refractivity contribution in [3.8, 4) is 16.2 Å². The Hall–Kier alpha value is -4.11. The molecule has 1 aliphatic carbocycles. The molecule has 3 heterocycles. The van der Waals surface area contributed by atoms with Gasteiger partial charge in [0, 0.05) is 28.1 Å². The Morgan fingerprint density at radius 3 is 2.64 bits per heavy atom. The molecule has 2 N–H and O–H groups in total. The molecule has 6 rings (SSSR count). The zero-order valence-corrected chi connectivity index (χ0v) is 22.5. The topological polar surface area (TPSA) is 109 Å². The Bertz CT molecular complexity index is 1650. The number of nitrogens with one attached hydrogen (secondary N) is 1.